The molecule has 0 bridgehead atoms. The summed E-state index contributed by atoms with van der Waals surface area (Å²) in [6.07, 6.45) is 4.34. The van der Waals surface area contributed by atoms with Crippen molar-refractivity contribution in [2.45, 2.75) is 19.8 Å². The van der Waals surface area contributed by atoms with Crippen LogP contribution in [0.5, 0.6) is 0 Å². The van der Waals surface area contributed by atoms with Gasteiger partial charge < -0.3 is 15.2 Å². The number of H-pyrrole nitrogens is 1. The monoisotopic (exact) mass is 363 g/mol. The van der Waals surface area contributed by atoms with Crippen molar-refractivity contribution in [1.29, 1.82) is 0 Å². The van der Waals surface area contributed by atoms with E-state index in [9.17, 15) is 9.59 Å². The molecule has 1 aliphatic heterocycles. The topological polar surface area (TPSA) is 107 Å². The third-order valence-corrected chi connectivity index (χ3v) is 5.01. The molecule has 0 radical (unpaired) electrons. The molecule has 2 N–H and O–H groups in total. The van der Waals surface area contributed by atoms with E-state index in [-0.39, 0.29) is 11.5 Å². The molecule has 0 atom stereocenters. The predicted molar refractivity (Wildman–Crippen MR) is 96.0 cm³/mol. The number of piperazine rings is 1. The average Bonchev–Trinajstić information content (AvgIpc) is 3.08. The molecule has 3 rings (SSSR count). The van der Waals surface area contributed by atoms with Crippen LogP contribution in [0, 0.1) is 0 Å². The molecule has 1 saturated heterocycles. The second-order valence-electron chi connectivity index (χ2n) is 5.72. The van der Waals surface area contributed by atoms with Crippen LogP contribution in [0.15, 0.2) is 17.2 Å². The van der Waals surface area contributed by atoms with Crippen molar-refractivity contribution in [3.8, 4) is 0 Å². The largest absolute Gasteiger partial charge is 0.349 e. The number of aryl methyl sites for hydroxylation is 1. The highest BCUT2D eigenvalue weighted by Gasteiger charge is 2.20. The third kappa shape index (κ3) is 4.60. The van der Waals surface area contributed by atoms with Crippen LogP contribution < -0.4 is 15.8 Å². The predicted octanol–water partition coefficient (Wildman–Crippen LogP) is 0.335. The van der Waals surface area contributed by atoms with Gasteiger partial charge in [0, 0.05) is 51.5 Å². The van der Waals surface area contributed by atoms with Gasteiger partial charge in [0.25, 0.3) is 5.56 Å². The van der Waals surface area contributed by atoms with Gasteiger partial charge in [-0.25, -0.2) is 4.98 Å². The molecule has 9 nitrogen and oxygen atoms in total. The van der Waals surface area contributed by atoms with E-state index in [1.165, 1.54) is 17.5 Å². The normalized spacial score (nSPS) is 15.3. The number of amides is 1. The lowest BCUT2D eigenvalue weighted by Gasteiger charge is -2.34. The van der Waals surface area contributed by atoms with Crippen molar-refractivity contribution < 1.29 is 4.79 Å². The fourth-order valence-corrected chi connectivity index (χ4v) is 3.34. The highest BCUT2D eigenvalue weighted by molar-refractivity contribution is 7.15. The van der Waals surface area contributed by atoms with Crippen molar-refractivity contribution in [3.05, 3.63) is 27.8 Å². The molecule has 1 amide bonds. The number of carbonyl (C=O) groups excluding carboxylic acids is 1. The summed E-state index contributed by atoms with van der Waals surface area (Å²) in [5, 5.41) is 12.2. The summed E-state index contributed by atoms with van der Waals surface area (Å²) in [7, 11) is 0. The molecule has 10 heteroatoms. The maximum atomic E-state index is 12.0. The second-order valence-corrected chi connectivity index (χ2v) is 6.79. The maximum Gasteiger partial charge on any atom is 0.290 e. The first-order valence-corrected chi connectivity index (χ1v) is 9.10. The van der Waals surface area contributed by atoms with E-state index >= 15 is 0 Å². The van der Waals surface area contributed by atoms with Gasteiger partial charge in [-0.15, -0.1) is 10.2 Å². The third-order valence-electron chi connectivity index (χ3n) is 4.03. The number of nitrogens with zero attached hydrogens (tertiary/aromatic N) is 5. The van der Waals surface area contributed by atoms with Crippen LogP contribution in [0.4, 0.5) is 10.9 Å². The van der Waals surface area contributed by atoms with Crippen molar-refractivity contribution in [2.24, 2.45) is 0 Å². The van der Waals surface area contributed by atoms with Crippen LogP contribution in [-0.2, 0) is 11.2 Å². The smallest absolute Gasteiger partial charge is 0.290 e. The molecule has 3 heterocycles. The van der Waals surface area contributed by atoms with E-state index in [1.54, 1.807) is 6.20 Å². The molecule has 2 aromatic heterocycles. The fourth-order valence-electron chi connectivity index (χ4n) is 2.64. The lowest BCUT2D eigenvalue weighted by atomic mass is 10.3. The first kappa shape index (κ1) is 17.5. The number of aromatic nitrogens is 4. The Labute approximate surface area is 149 Å². The van der Waals surface area contributed by atoms with Crippen molar-refractivity contribution in [2.75, 3.05) is 42.9 Å². The summed E-state index contributed by atoms with van der Waals surface area (Å²) in [5.41, 5.74) is -0.168. The molecule has 0 spiro atoms. The molecular weight excluding hydrogens is 342 g/mol. The molecule has 134 valence electrons. The Morgan fingerprint density at radius 1 is 1.32 bits per heavy atom. The lowest BCUT2D eigenvalue weighted by molar-refractivity contribution is -0.116. The standard InChI is InChI=1S/C15H21N7O2S/c1-2-12-19-20-15(25-12)18-11(23)3-6-21-7-9-22(10-8-21)13-14(24)17-5-4-16-13/h4-5H,2-3,6-10H2,1H3,(H,17,24)(H,18,20,23). The number of hydrogen-bond donors (Lipinski definition) is 2. The Balaban J connectivity index is 1.42. The zero-order valence-electron chi connectivity index (χ0n) is 14.1. The maximum absolute atomic E-state index is 12.0. The van der Waals surface area contributed by atoms with Gasteiger partial charge in [-0.2, -0.15) is 0 Å². The van der Waals surface area contributed by atoms with Gasteiger partial charge in [0.15, 0.2) is 5.82 Å². The minimum Gasteiger partial charge on any atom is -0.349 e. The highest BCUT2D eigenvalue weighted by Crippen LogP contribution is 2.15. The number of anilines is 2. The first-order chi connectivity index (χ1) is 12.2. The van der Waals surface area contributed by atoms with Crippen LogP contribution >= 0.6 is 11.3 Å². The van der Waals surface area contributed by atoms with Crippen LogP contribution in [0.1, 0.15) is 18.4 Å². The number of hydrogen-bond acceptors (Lipinski definition) is 8. The fraction of sp³-hybridized carbons (Fsp3) is 0.533. The summed E-state index contributed by atoms with van der Waals surface area (Å²) in [6.45, 7) is 5.71. The molecule has 0 aromatic carbocycles. The van der Waals surface area contributed by atoms with Crippen LogP contribution in [0.3, 0.4) is 0 Å². The summed E-state index contributed by atoms with van der Waals surface area (Å²) in [5.74, 6) is 0.408. The van der Waals surface area contributed by atoms with Gasteiger partial charge in [-0.3, -0.25) is 14.5 Å². The van der Waals surface area contributed by atoms with E-state index in [2.05, 4.69) is 30.4 Å². The zero-order chi connectivity index (χ0) is 17.6. The minimum absolute atomic E-state index is 0.0533. The van der Waals surface area contributed by atoms with Crippen molar-refractivity contribution in [1.82, 2.24) is 25.1 Å². The first-order valence-electron chi connectivity index (χ1n) is 8.29. The van der Waals surface area contributed by atoms with Crippen LogP contribution in [0.25, 0.3) is 0 Å². The van der Waals surface area contributed by atoms with E-state index < -0.39 is 0 Å². The molecule has 25 heavy (non-hydrogen) atoms. The van der Waals surface area contributed by atoms with E-state index in [4.69, 9.17) is 0 Å². The molecular formula is C15H21N7O2S. The van der Waals surface area contributed by atoms with E-state index in [0.29, 0.717) is 23.9 Å². The summed E-state index contributed by atoms with van der Waals surface area (Å²) >= 11 is 1.41. The van der Waals surface area contributed by atoms with Crippen molar-refractivity contribution in [3.63, 3.8) is 0 Å². The van der Waals surface area contributed by atoms with Gasteiger partial charge >= 0.3 is 0 Å². The molecule has 0 aliphatic carbocycles. The second kappa shape index (κ2) is 8.17. The zero-order valence-corrected chi connectivity index (χ0v) is 14.9. The van der Waals surface area contributed by atoms with Gasteiger partial charge in [-0.05, 0) is 6.42 Å². The highest BCUT2D eigenvalue weighted by atomic mass is 32.1. The molecule has 0 unspecified atom stereocenters. The van der Waals surface area contributed by atoms with E-state index in [0.717, 1.165) is 37.6 Å². The Bertz CT molecular complexity index is 767. The Kier molecular flexibility index (Phi) is 5.71. The molecule has 0 saturated carbocycles. The average molecular weight is 363 g/mol. The minimum atomic E-state index is -0.168. The van der Waals surface area contributed by atoms with Gasteiger partial charge in [0.2, 0.25) is 11.0 Å². The number of aromatic amines is 1. The molecule has 1 aliphatic rings. The van der Waals surface area contributed by atoms with Gasteiger partial charge in [-0.1, -0.05) is 18.3 Å². The molecule has 2 aromatic rings. The summed E-state index contributed by atoms with van der Waals surface area (Å²) in [4.78, 5) is 34.8. The van der Waals surface area contributed by atoms with Crippen LogP contribution in [-0.4, -0.2) is 63.7 Å². The number of carbonyl (C=O) groups is 1. The van der Waals surface area contributed by atoms with Gasteiger partial charge in [0.05, 0.1) is 0 Å². The van der Waals surface area contributed by atoms with Crippen molar-refractivity contribution >= 4 is 28.2 Å². The SMILES string of the molecule is CCc1nnc(NC(=O)CCN2CCN(c3ncc[nH]c3=O)CC2)s1. The van der Waals surface area contributed by atoms with E-state index in [1.807, 2.05) is 11.8 Å². The van der Waals surface area contributed by atoms with Gasteiger partial charge in [0.1, 0.15) is 5.01 Å². The Morgan fingerprint density at radius 2 is 2.12 bits per heavy atom. The quantitative estimate of drug-likeness (QED) is 0.762. The Hall–Kier alpha value is -2.33. The van der Waals surface area contributed by atoms with Crippen LogP contribution in [0.2, 0.25) is 0 Å². The molecule has 1 fully saturated rings. The summed E-state index contributed by atoms with van der Waals surface area (Å²) < 4.78 is 0. The Morgan fingerprint density at radius 3 is 2.80 bits per heavy atom. The number of rotatable bonds is 6. The number of nitrogens with one attached hydrogen (secondary N) is 2. The summed E-state index contributed by atoms with van der Waals surface area (Å²) in [6, 6.07) is 0. The lowest BCUT2D eigenvalue weighted by Crippen LogP contribution is -2.48.